The first kappa shape index (κ1) is 13.4. The smallest absolute Gasteiger partial charge is 0.214 e. The number of benzene rings is 1. The van der Waals surface area contributed by atoms with Crippen LogP contribution in [0.25, 0.3) is 21.6 Å². The van der Waals surface area contributed by atoms with Gasteiger partial charge in [-0.3, -0.25) is 0 Å². The van der Waals surface area contributed by atoms with Crippen LogP contribution in [0.3, 0.4) is 0 Å². The van der Waals surface area contributed by atoms with E-state index in [0.29, 0.717) is 17.5 Å². The van der Waals surface area contributed by atoms with Gasteiger partial charge in [-0.2, -0.15) is 4.80 Å². The Morgan fingerprint density at radius 1 is 1.14 bits per heavy atom. The minimum atomic E-state index is 0.440. The van der Waals surface area contributed by atoms with Crippen LogP contribution in [0.4, 0.5) is 0 Å². The van der Waals surface area contributed by atoms with Gasteiger partial charge in [0, 0.05) is 10.9 Å². The summed E-state index contributed by atoms with van der Waals surface area (Å²) in [6.07, 6.45) is 0. The van der Waals surface area contributed by atoms with Gasteiger partial charge < -0.3 is 0 Å². The summed E-state index contributed by atoms with van der Waals surface area (Å²) in [5.74, 6) is 0.625. The van der Waals surface area contributed by atoms with Crippen molar-refractivity contribution >= 4 is 33.8 Å². The molecule has 0 radical (unpaired) electrons. The van der Waals surface area contributed by atoms with Crippen molar-refractivity contribution in [1.82, 2.24) is 25.2 Å². The van der Waals surface area contributed by atoms with E-state index in [4.69, 9.17) is 11.6 Å². The Bertz CT molecular complexity index is 932. The fourth-order valence-corrected chi connectivity index (χ4v) is 3.07. The van der Waals surface area contributed by atoms with Gasteiger partial charge in [-0.1, -0.05) is 35.9 Å². The van der Waals surface area contributed by atoms with E-state index in [1.54, 1.807) is 11.3 Å². The van der Waals surface area contributed by atoms with Crippen LogP contribution in [0.2, 0.25) is 5.15 Å². The van der Waals surface area contributed by atoms with Gasteiger partial charge in [-0.25, -0.2) is 4.98 Å². The quantitative estimate of drug-likeness (QED) is 0.539. The minimum absolute atomic E-state index is 0.440. The van der Waals surface area contributed by atoms with Gasteiger partial charge in [0.1, 0.15) is 5.15 Å². The van der Waals surface area contributed by atoms with Gasteiger partial charge in [-0.15, -0.1) is 21.5 Å². The zero-order valence-corrected chi connectivity index (χ0v) is 12.9. The molecule has 0 saturated heterocycles. The highest BCUT2D eigenvalue weighted by Gasteiger charge is 2.10. The third kappa shape index (κ3) is 2.47. The molecule has 3 heterocycles. The summed E-state index contributed by atoms with van der Waals surface area (Å²) in [7, 11) is 0. The van der Waals surface area contributed by atoms with Crippen molar-refractivity contribution in [3.63, 3.8) is 0 Å². The van der Waals surface area contributed by atoms with Gasteiger partial charge >= 0.3 is 0 Å². The second-order valence-electron chi connectivity index (χ2n) is 4.75. The number of pyridine rings is 1. The lowest BCUT2D eigenvalue weighted by atomic mass is 10.1. The molecule has 1 aromatic carbocycles. The molecule has 0 aliphatic carbocycles. The standard InChI is InChI=1S/C15H10ClN5S/c16-14-11(8-10-4-1-2-5-12(10)17-14)9-21-19-15(18-20-21)13-6-3-7-22-13/h1-8H,9H2. The van der Waals surface area contributed by atoms with E-state index in [-0.39, 0.29) is 0 Å². The molecule has 108 valence electrons. The number of aromatic nitrogens is 5. The first-order valence-corrected chi connectivity index (χ1v) is 7.91. The normalized spacial score (nSPS) is 11.1. The van der Waals surface area contributed by atoms with E-state index in [1.807, 2.05) is 47.8 Å². The summed E-state index contributed by atoms with van der Waals surface area (Å²) >= 11 is 7.85. The van der Waals surface area contributed by atoms with Crippen LogP contribution in [-0.2, 0) is 6.54 Å². The molecule has 4 rings (SSSR count). The number of hydrogen-bond acceptors (Lipinski definition) is 5. The number of rotatable bonds is 3. The first-order chi connectivity index (χ1) is 10.8. The molecular formula is C15H10ClN5S. The molecule has 7 heteroatoms. The van der Waals surface area contributed by atoms with Crippen LogP contribution in [0, 0.1) is 0 Å². The lowest BCUT2D eigenvalue weighted by Crippen LogP contribution is -2.05. The molecule has 0 spiro atoms. The Morgan fingerprint density at radius 2 is 2.05 bits per heavy atom. The average Bonchev–Trinajstić information content (AvgIpc) is 3.18. The molecule has 0 fully saturated rings. The molecule has 3 aromatic heterocycles. The van der Waals surface area contributed by atoms with Crippen LogP contribution in [0.5, 0.6) is 0 Å². The fourth-order valence-electron chi connectivity index (χ4n) is 2.21. The molecule has 0 bridgehead atoms. The third-order valence-electron chi connectivity index (χ3n) is 3.26. The molecule has 4 aromatic rings. The van der Waals surface area contributed by atoms with Crippen molar-refractivity contribution in [2.24, 2.45) is 0 Å². The highest BCUT2D eigenvalue weighted by molar-refractivity contribution is 7.13. The Kier molecular flexibility index (Phi) is 3.32. The molecular weight excluding hydrogens is 318 g/mol. The second-order valence-corrected chi connectivity index (χ2v) is 6.06. The van der Waals surface area contributed by atoms with Gasteiger partial charge in [0.15, 0.2) is 0 Å². The van der Waals surface area contributed by atoms with Crippen molar-refractivity contribution in [2.45, 2.75) is 6.54 Å². The molecule has 0 amide bonds. The van der Waals surface area contributed by atoms with Crippen molar-refractivity contribution in [3.05, 3.63) is 58.6 Å². The van der Waals surface area contributed by atoms with Crippen LogP contribution < -0.4 is 0 Å². The highest BCUT2D eigenvalue weighted by Crippen LogP contribution is 2.22. The number of tetrazole rings is 1. The van der Waals surface area contributed by atoms with E-state index in [2.05, 4.69) is 20.4 Å². The predicted octanol–water partition coefficient (Wildman–Crippen LogP) is 3.65. The topological polar surface area (TPSA) is 56.5 Å². The SMILES string of the molecule is Clc1nc2ccccc2cc1Cn1nnc(-c2cccs2)n1. The Morgan fingerprint density at radius 3 is 2.91 bits per heavy atom. The van der Waals surface area contributed by atoms with Gasteiger partial charge in [0.25, 0.3) is 0 Å². The molecule has 5 nitrogen and oxygen atoms in total. The second kappa shape index (κ2) is 5.47. The average molecular weight is 328 g/mol. The number of halogens is 1. The molecule has 22 heavy (non-hydrogen) atoms. The van der Waals surface area contributed by atoms with Crippen molar-refractivity contribution in [2.75, 3.05) is 0 Å². The largest absolute Gasteiger partial charge is 0.236 e. The maximum absolute atomic E-state index is 6.26. The zero-order chi connectivity index (χ0) is 14.9. The lowest BCUT2D eigenvalue weighted by molar-refractivity contribution is 0.572. The van der Waals surface area contributed by atoms with Gasteiger partial charge in [0.2, 0.25) is 5.82 Å². The summed E-state index contributed by atoms with van der Waals surface area (Å²) in [5.41, 5.74) is 1.75. The monoisotopic (exact) mass is 327 g/mol. The van der Waals surface area contributed by atoms with E-state index in [1.165, 1.54) is 4.80 Å². The summed E-state index contributed by atoms with van der Waals surface area (Å²) in [6, 6.07) is 13.8. The number of hydrogen-bond donors (Lipinski definition) is 0. The first-order valence-electron chi connectivity index (χ1n) is 6.65. The minimum Gasteiger partial charge on any atom is -0.236 e. The molecule has 0 aliphatic rings. The van der Waals surface area contributed by atoms with E-state index in [0.717, 1.165) is 21.3 Å². The number of fused-ring (bicyclic) bond motifs is 1. The van der Waals surface area contributed by atoms with Crippen LogP contribution in [-0.4, -0.2) is 25.2 Å². The summed E-state index contributed by atoms with van der Waals surface area (Å²) < 4.78 is 0. The predicted molar refractivity (Wildman–Crippen MR) is 87.0 cm³/mol. The van der Waals surface area contributed by atoms with Gasteiger partial charge in [-0.05, 0) is 28.8 Å². The van der Waals surface area contributed by atoms with E-state index in [9.17, 15) is 0 Å². The molecule has 0 atom stereocenters. The molecule has 0 unspecified atom stereocenters. The molecule has 0 aliphatic heterocycles. The Hall–Kier alpha value is -2.31. The Labute approximate surface area is 135 Å². The van der Waals surface area contributed by atoms with Gasteiger partial charge in [0.05, 0.1) is 16.9 Å². The summed E-state index contributed by atoms with van der Waals surface area (Å²) in [6.45, 7) is 0.440. The van der Waals surface area contributed by atoms with E-state index >= 15 is 0 Å². The van der Waals surface area contributed by atoms with Crippen molar-refractivity contribution in [1.29, 1.82) is 0 Å². The summed E-state index contributed by atoms with van der Waals surface area (Å²) in [4.78, 5) is 6.94. The Balaban J connectivity index is 1.67. The number of nitrogens with zero attached hydrogens (tertiary/aromatic N) is 5. The maximum Gasteiger partial charge on any atom is 0.214 e. The maximum atomic E-state index is 6.26. The third-order valence-corrected chi connectivity index (χ3v) is 4.45. The molecule has 0 saturated carbocycles. The molecule has 0 N–H and O–H groups in total. The summed E-state index contributed by atoms with van der Waals surface area (Å²) in [5, 5.41) is 16.0. The van der Waals surface area contributed by atoms with Crippen LogP contribution in [0.1, 0.15) is 5.56 Å². The van der Waals surface area contributed by atoms with Crippen LogP contribution >= 0.6 is 22.9 Å². The van der Waals surface area contributed by atoms with E-state index < -0.39 is 0 Å². The number of thiophene rings is 1. The van der Waals surface area contributed by atoms with Crippen molar-refractivity contribution < 1.29 is 0 Å². The highest BCUT2D eigenvalue weighted by atomic mass is 35.5. The fraction of sp³-hybridized carbons (Fsp3) is 0.0667. The van der Waals surface area contributed by atoms with Crippen molar-refractivity contribution in [3.8, 4) is 10.7 Å². The number of para-hydroxylation sites is 1. The van der Waals surface area contributed by atoms with Crippen LogP contribution in [0.15, 0.2) is 47.8 Å². The lowest BCUT2D eigenvalue weighted by Gasteiger charge is -2.04. The zero-order valence-electron chi connectivity index (χ0n) is 11.3.